The number of hydrogen-bond donors (Lipinski definition) is 1. The minimum absolute atomic E-state index is 0.0603. The lowest BCUT2D eigenvalue weighted by Crippen LogP contribution is -2.08. The Balaban J connectivity index is 2.46. The van der Waals surface area contributed by atoms with Gasteiger partial charge in [0, 0.05) is 13.0 Å². The van der Waals surface area contributed by atoms with Gasteiger partial charge in [-0.15, -0.1) is 0 Å². The predicted molar refractivity (Wildman–Crippen MR) is 80.6 cm³/mol. The normalized spacial score (nSPS) is 11.2. The third-order valence-electron chi connectivity index (χ3n) is 3.17. The van der Waals surface area contributed by atoms with E-state index in [-0.39, 0.29) is 6.42 Å². The fourth-order valence-electron chi connectivity index (χ4n) is 2.15. The second-order valence-corrected chi connectivity index (χ2v) is 5.50. The lowest BCUT2D eigenvalue weighted by Gasteiger charge is -2.07. The van der Waals surface area contributed by atoms with E-state index in [0.29, 0.717) is 16.6 Å². The Morgan fingerprint density at radius 3 is 2.70 bits per heavy atom. The van der Waals surface area contributed by atoms with Gasteiger partial charge in [0.25, 0.3) is 0 Å². The molecule has 20 heavy (non-hydrogen) atoms. The van der Waals surface area contributed by atoms with Crippen LogP contribution in [0.5, 0.6) is 0 Å². The molecule has 0 atom stereocenters. The first kappa shape index (κ1) is 15.1. The molecule has 1 aromatic heterocycles. The Kier molecular flexibility index (Phi) is 4.89. The van der Waals surface area contributed by atoms with Crippen LogP contribution in [-0.2, 0) is 17.8 Å². The van der Waals surface area contributed by atoms with Crippen molar-refractivity contribution in [3.05, 3.63) is 28.0 Å². The fraction of sp³-hybridized carbons (Fsp3) is 0.429. The highest BCUT2D eigenvalue weighted by atomic mass is 35.5. The standard InChI is InChI=1S/C14H16Cl2N2O2/c1-2-3-4-13-17-11-7-9(15)10(16)8-12(11)18(13)6-5-14(19)20/h7-8H,2-6H2,1H3,(H,19,20). The first-order chi connectivity index (χ1) is 9.52. The highest BCUT2D eigenvalue weighted by molar-refractivity contribution is 6.42. The molecule has 0 unspecified atom stereocenters. The summed E-state index contributed by atoms with van der Waals surface area (Å²) in [6.45, 7) is 2.50. The van der Waals surface area contributed by atoms with Crippen LogP contribution < -0.4 is 0 Å². The van der Waals surface area contributed by atoms with Gasteiger partial charge in [0.05, 0.1) is 27.5 Å². The van der Waals surface area contributed by atoms with Gasteiger partial charge in [-0.05, 0) is 18.6 Å². The van der Waals surface area contributed by atoms with Crippen molar-refractivity contribution in [2.45, 2.75) is 39.2 Å². The molecule has 2 aromatic rings. The molecule has 0 saturated carbocycles. The Morgan fingerprint density at radius 1 is 1.35 bits per heavy atom. The number of halogens is 2. The number of hydrogen-bond acceptors (Lipinski definition) is 2. The monoisotopic (exact) mass is 314 g/mol. The molecular weight excluding hydrogens is 299 g/mol. The summed E-state index contributed by atoms with van der Waals surface area (Å²) >= 11 is 12.1. The lowest BCUT2D eigenvalue weighted by molar-refractivity contribution is -0.137. The highest BCUT2D eigenvalue weighted by Crippen LogP contribution is 2.29. The summed E-state index contributed by atoms with van der Waals surface area (Å²) in [6, 6.07) is 3.48. The minimum Gasteiger partial charge on any atom is -0.481 e. The molecule has 0 saturated heterocycles. The van der Waals surface area contributed by atoms with Gasteiger partial charge < -0.3 is 9.67 Å². The second kappa shape index (κ2) is 6.46. The topological polar surface area (TPSA) is 55.1 Å². The van der Waals surface area contributed by atoms with E-state index in [1.54, 1.807) is 12.1 Å². The average molecular weight is 315 g/mol. The van der Waals surface area contributed by atoms with Gasteiger partial charge in [-0.25, -0.2) is 4.98 Å². The van der Waals surface area contributed by atoms with Crippen molar-refractivity contribution in [3.63, 3.8) is 0 Å². The molecule has 4 nitrogen and oxygen atoms in total. The second-order valence-electron chi connectivity index (χ2n) is 4.68. The molecule has 0 radical (unpaired) electrons. The predicted octanol–water partition coefficient (Wildman–Crippen LogP) is 4.16. The largest absolute Gasteiger partial charge is 0.481 e. The van der Waals surface area contributed by atoms with Crippen molar-refractivity contribution in [1.82, 2.24) is 9.55 Å². The van der Waals surface area contributed by atoms with Crippen LogP contribution in [0.4, 0.5) is 0 Å². The van der Waals surface area contributed by atoms with Crippen molar-refractivity contribution in [2.75, 3.05) is 0 Å². The third kappa shape index (κ3) is 3.25. The maximum absolute atomic E-state index is 10.8. The van der Waals surface area contributed by atoms with E-state index in [1.165, 1.54) is 0 Å². The average Bonchev–Trinajstić information content (AvgIpc) is 2.71. The van der Waals surface area contributed by atoms with Crippen LogP contribution >= 0.6 is 23.2 Å². The van der Waals surface area contributed by atoms with Gasteiger partial charge in [-0.1, -0.05) is 36.5 Å². The van der Waals surface area contributed by atoms with Crippen molar-refractivity contribution in [1.29, 1.82) is 0 Å². The van der Waals surface area contributed by atoms with Crippen LogP contribution in [0.1, 0.15) is 32.0 Å². The number of carboxylic acids is 1. The number of rotatable bonds is 6. The molecule has 2 rings (SSSR count). The van der Waals surface area contributed by atoms with E-state index in [9.17, 15) is 4.79 Å². The molecule has 0 bridgehead atoms. The summed E-state index contributed by atoms with van der Waals surface area (Å²) in [4.78, 5) is 15.4. The van der Waals surface area contributed by atoms with E-state index in [0.717, 1.165) is 36.1 Å². The van der Waals surface area contributed by atoms with E-state index in [4.69, 9.17) is 28.3 Å². The molecule has 0 fully saturated rings. The van der Waals surface area contributed by atoms with Gasteiger partial charge in [0.15, 0.2) is 0 Å². The lowest BCUT2D eigenvalue weighted by atomic mass is 10.2. The smallest absolute Gasteiger partial charge is 0.305 e. The number of unbranched alkanes of at least 4 members (excludes halogenated alkanes) is 1. The molecule has 6 heteroatoms. The number of imidazole rings is 1. The summed E-state index contributed by atoms with van der Waals surface area (Å²) in [6.07, 6.45) is 2.95. The molecule has 1 aromatic carbocycles. The van der Waals surface area contributed by atoms with Crippen LogP contribution in [0, 0.1) is 0 Å². The van der Waals surface area contributed by atoms with Gasteiger partial charge in [-0.3, -0.25) is 4.79 Å². The molecule has 1 heterocycles. The van der Waals surface area contributed by atoms with Crippen molar-refractivity contribution >= 4 is 40.2 Å². The quantitative estimate of drug-likeness (QED) is 0.871. The van der Waals surface area contributed by atoms with Crippen LogP contribution in [0.25, 0.3) is 11.0 Å². The molecule has 0 aliphatic heterocycles. The molecule has 0 spiro atoms. The fourth-order valence-corrected chi connectivity index (χ4v) is 2.47. The van der Waals surface area contributed by atoms with E-state index in [1.807, 2.05) is 4.57 Å². The summed E-state index contributed by atoms with van der Waals surface area (Å²) in [7, 11) is 0. The number of aliphatic carboxylic acids is 1. The number of carboxylic acid groups (broad SMARTS) is 1. The van der Waals surface area contributed by atoms with Crippen LogP contribution in [0.3, 0.4) is 0 Å². The first-order valence-electron chi connectivity index (χ1n) is 6.59. The zero-order chi connectivity index (χ0) is 14.7. The van der Waals surface area contributed by atoms with E-state index >= 15 is 0 Å². The molecule has 0 aliphatic rings. The SMILES string of the molecule is CCCCc1nc2cc(Cl)c(Cl)cc2n1CCC(=O)O. The van der Waals surface area contributed by atoms with Gasteiger partial charge in [0.1, 0.15) is 5.82 Å². The molecule has 0 aliphatic carbocycles. The van der Waals surface area contributed by atoms with E-state index < -0.39 is 5.97 Å². The molecule has 108 valence electrons. The zero-order valence-electron chi connectivity index (χ0n) is 11.2. The third-order valence-corrected chi connectivity index (χ3v) is 3.89. The van der Waals surface area contributed by atoms with Crippen LogP contribution in [0.2, 0.25) is 10.0 Å². The molecule has 0 amide bonds. The number of aryl methyl sites for hydroxylation is 2. The van der Waals surface area contributed by atoms with Crippen molar-refractivity contribution in [2.24, 2.45) is 0 Å². The zero-order valence-corrected chi connectivity index (χ0v) is 12.7. The highest BCUT2D eigenvalue weighted by Gasteiger charge is 2.13. The van der Waals surface area contributed by atoms with Gasteiger partial charge >= 0.3 is 5.97 Å². The Morgan fingerprint density at radius 2 is 2.05 bits per heavy atom. The van der Waals surface area contributed by atoms with E-state index in [2.05, 4.69) is 11.9 Å². The Hall–Kier alpha value is -1.26. The maximum Gasteiger partial charge on any atom is 0.305 e. The van der Waals surface area contributed by atoms with Gasteiger partial charge in [-0.2, -0.15) is 0 Å². The van der Waals surface area contributed by atoms with Crippen molar-refractivity contribution < 1.29 is 9.90 Å². The summed E-state index contributed by atoms with van der Waals surface area (Å²) in [5, 5.41) is 9.79. The first-order valence-corrected chi connectivity index (χ1v) is 7.34. The van der Waals surface area contributed by atoms with Crippen molar-refractivity contribution in [3.8, 4) is 0 Å². The number of carbonyl (C=O) groups is 1. The Bertz CT molecular complexity index is 638. The minimum atomic E-state index is -0.826. The maximum atomic E-state index is 10.8. The van der Waals surface area contributed by atoms with Crippen LogP contribution in [0.15, 0.2) is 12.1 Å². The summed E-state index contributed by atoms with van der Waals surface area (Å²) in [5.41, 5.74) is 1.60. The summed E-state index contributed by atoms with van der Waals surface area (Å²) < 4.78 is 1.93. The number of aromatic nitrogens is 2. The molecular formula is C14H16Cl2N2O2. The molecule has 1 N–H and O–H groups in total. The Labute approximate surface area is 127 Å². The van der Waals surface area contributed by atoms with Crippen LogP contribution in [-0.4, -0.2) is 20.6 Å². The number of benzene rings is 1. The number of nitrogens with zero attached hydrogens (tertiary/aromatic N) is 2. The number of fused-ring (bicyclic) bond motifs is 1. The van der Waals surface area contributed by atoms with Gasteiger partial charge in [0.2, 0.25) is 0 Å². The summed E-state index contributed by atoms with van der Waals surface area (Å²) in [5.74, 6) is 0.0646.